The molecular weight excluding hydrogens is 257 g/mol. The van der Waals surface area contributed by atoms with E-state index in [-0.39, 0.29) is 5.28 Å². The molecule has 0 saturated carbocycles. The first-order valence-electron chi connectivity index (χ1n) is 5.01. The fourth-order valence-corrected chi connectivity index (χ4v) is 2.22. The zero-order chi connectivity index (χ0) is 11.8. The first-order valence-corrected chi connectivity index (χ1v) is 5.77. The second kappa shape index (κ2) is 4.02. The van der Waals surface area contributed by atoms with Crippen molar-refractivity contribution < 1.29 is 0 Å². The normalized spacial score (nSPS) is 10.9. The lowest BCUT2D eigenvalue weighted by molar-refractivity contribution is 1.22. The highest BCUT2D eigenvalue weighted by Gasteiger charge is 2.11. The summed E-state index contributed by atoms with van der Waals surface area (Å²) in [5.41, 5.74) is 3.47. The Balaban J connectivity index is 2.32. The Labute approximate surface area is 107 Å². The highest BCUT2D eigenvalue weighted by Crippen LogP contribution is 2.30. The lowest BCUT2D eigenvalue weighted by Gasteiger charge is -1.99. The molecule has 0 saturated heterocycles. The van der Waals surface area contributed by atoms with Crippen LogP contribution in [0.3, 0.4) is 0 Å². The molecule has 5 heteroatoms. The molecule has 0 atom stereocenters. The van der Waals surface area contributed by atoms with Crippen LogP contribution in [0.15, 0.2) is 36.5 Å². The predicted molar refractivity (Wildman–Crippen MR) is 69.3 cm³/mol. The van der Waals surface area contributed by atoms with Gasteiger partial charge in [0.25, 0.3) is 0 Å². The second-order valence-corrected chi connectivity index (χ2v) is 4.27. The van der Waals surface area contributed by atoms with Crippen LogP contribution >= 0.6 is 23.2 Å². The topological polar surface area (TPSA) is 41.6 Å². The van der Waals surface area contributed by atoms with E-state index in [1.165, 1.54) is 0 Å². The Hall–Kier alpha value is -1.58. The van der Waals surface area contributed by atoms with Crippen molar-refractivity contribution in [1.82, 2.24) is 15.0 Å². The van der Waals surface area contributed by atoms with Crippen LogP contribution < -0.4 is 0 Å². The Morgan fingerprint density at radius 1 is 1.00 bits per heavy atom. The van der Waals surface area contributed by atoms with Crippen LogP contribution in [0.2, 0.25) is 10.4 Å². The number of aromatic amines is 1. The van der Waals surface area contributed by atoms with E-state index in [2.05, 4.69) is 15.0 Å². The lowest BCUT2D eigenvalue weighted by atomic mass is 10.1. The molecular formula is C12H7Cl2N3. The van der Waals surface area contributed by atoms with E-state index in [9.17, 15) is 0 Å². The van der Waals surface area contributed by atoms with Gasteiger partial charge in [-0.25, -0.2) is 9.97 Å². The molecule has 2 aromatic heterocycles. The molecule has 1 N–H and O–H groups in total. The van der Waals surface area contributed by atoms with Crippen LogP contribution in [0.25, 0.3) is 22.2 Å². The van der Waals surface area contributed by atoms with E-state index in [1.807, 2.05) is 36.5 Å². The number of H-pyrrole nitrogens is 1. The van der Waals surface area contributed by atoms with Gasteiger partial charge in [-0.2, -0.15) is 0 Å². The van der Waals surface area contributed by atoms with Gasteiger partial charge in [0, 0.05) is 11.8 Å². The number of nitrogens with zero attached hydrogens (tertiary/aromatic N) is 2. The lowest BCUT2D eigenvalue weighted by Crippen LogP contribution is -1.85. The molecule has 1 aromatic carbocycles. The van der Waals surface area contributed by atoms with Crippen molar-refractivity contribution >= 4 is 34.2 Å². The molecule has 0 unspecified atom stereocenters. The summed E-state index contributed by atoms with van der Waals surface area (Å²) < 4.78 is 0. The van der Waals surface area contributed by atoms with Crippen LogP contribution in [0.4, 0.5) is 0 Å². The summed E-state index contributed by atoms with van der Waals surface area (Å²) in [5, 5.41) is 0.487. The van der Waals surface area contributed by atoms with Gasteiger partial charge >= 0.3 is 0 Å². The van der Waals surface area contributed by atoms with Crippen molar-refractivity contribution in [2.24, 2.45) is 0 Å². The highest BCUT2D eigenvalue weighted by molar-refractivity contribution is 6.35. The number of rotatable bonds is 1. The van der Waals surface area contributed by atoms with Gasteiger partial charge in [0.1, 0.15) is 11.0 Å². The number of fused-ring (bicyclic) bond motifs is 1. The third-order valence-corrected chi connectivity index (χ3v) is 2.98. The summed E-state index contributed by atoms with van der Waals surface area (Å²) in [7, 11) is 0. The van der Waals surface area contributed by atoms with Crippen LogP contribution in [-0.4, -0.2) is 15.0 Å². The Morgan fingerprint density at radius 2 is 1.76 bits per heavy atom. The van der Waals surface area contributed by atoms with Crippen LogP contribution in [0.5, 0.6) is 0 Å². The Kier molecular flexibility index (Phi) is 2.50. The quantitative estimate of drug-likeness (QED) is 0.534. The number of benzene rings is 1. The molecule has 0 amide bonds. The molecule has 0 spiro atoms. The molecule has 2 heterocycles. The van der Waals surface area contributed by atoms with Crippen molar-refractivity contribution in [1.29, 1.82) is 0 Å². The van der Waals surface area contributed by atoms with Crippen LogP contribution in [0.1, 0.15) is 0 Å². The average Bonchev–Trinajstić information content (AvgIpc) is 2.74. The van der Waals surface area contributed by atoms with Gasteiger partial charge in [-0.15, -0.1) is 0 Å². The number of hydrogen-bond donors (Lipinski definition) is 1. The van der Waals surface area contributed by atoms with Gasteiger partial charge in [-0.1, -0.05) is 41.9 Å². The van der Waals surface area contributed by atoms with Crippen molar-refractivity contribution in [2.75, 3.05) is 0 Å². The fraction of sp³-hybridized carbons (Fsp3) is 0. The first kappa shape index (κ1) is 10.6. The maximum atomic E-state index is 6.00. The van der Waals surface area contributed by atoms with Gasteiger partial charge in [0.15, 0.2) is 5.15 Å². The Morgan fingerprint density at radius 3 is 2.53 bits per heavy atom. The van der Waals surface area contributed by atoms with Crippen LogP contribution in [-0.2, 0) is 0 Å². The second-order valence-electron chi connectivity index (χ2n) is 3.58. The molecule has 3 rings (SSSR count). The predicted octanol–water partition coefficient (Wildman–Crippen LogP) is 3.93. The molecule has 0 aliphatic carbocycles. The van der Waals surface area contributed by atoms with Gasteiger partial charge in [0.2, 0.25) is 5.28 Å². The smallest absolute Gasteiger partial charge is 0.224 e. The number of nitrogens with one attached hydrogen (secondary N) is 1. The van der Waals surface area contributed by atoms with Crippen molar-refractivity contribution in [2.45, 2.75) is 0 Å². The maximum Gasteiger partial charge on any atom is 0.224 e. The first-order chi connectivity index (χ1) is 8.25. The van der Waals surface area contributed by atoms with Crippen LogP contribution in [0, 0.1) is 0 Å². The fourth-order valence-electron chi connectivity index (χ4n) is 1.78. The van der Waals surface area contributed by atoms with Crippen molar-refractivity contribution in [3.8, 4) is 11.1 Å². The largest absolute Gasteiger partial charge is 0.357 e. The molecule has 3 aromatic rings. The molecule has 0 radical (unpaired) electrons. The van der Waals surface area contributed by atoms with E-state index in [0.29, 0.717) is 10.7 Å². The molecule has 84 valence electrons. The maximum absolute atomic E-state index is 6.00. The standard InChI is InChI=1S/C12H7Cl2N3/c13-11-10-9(16-12(14)17-11)8(6-15-10)7-4-2-1-3-5-7/h1-6,15H. The molecule has 0 fully saturated rings. The highest BCUT2D eigenvalue weighted by atomic mass is 35.5. The molecule has 0 aliphatic heterocycles. The number of aromatic nitrogens is 3. The summed E-state index contributed by atoms with van der Waals surface area (Å²) in [6, 6.07) is 9.92. The van der Waals surface area contributed by atoms with Gasteiger partial charge in [-0.3, -0.25) is 0 Å². The zero-order valence-electron chi connectivity index (χ0n) is 8.61. The third-order valence-electron chi connectivity index (χ3n) is 2.54. The Bertz CT molecular complexity index is 677. The van der Waals surface area contributed by atoms with Crippen molar-refractivity contribution in [3.05, 3.63) is 47.0 Å². The molecule has 17 heavy (non-hydrogen) atoms. The van der Waals surface area contributed by atoms with Gasteiger partial charge in [0.05, 0.1) is 0 Å². The van der Waals surface area contributed by atoms with E-state index in [0.717, 1.165) is 16.6 Å². The monoisotopic (exact) mass is 263 g/mol. The minimum absolute atomic E-state index is 0.152. The third kappa shape index (κ3) is 1.77. The number of hydrogen-bond acceptors (Lipinski definition) is 2. The molecule has 0 bridgehead atoms. The van der Waals surface area contributed by atoms with Gasteiger partial charge < -0.3 is 4.98 Å². The summed E-state index contributed by atoms with van der Waals surface area (Å²) in [5.74, 6) is 0. The van der Waals surface area contributed by atoms with E-state index >= 15 is 0 Å². The molecule has 3 nitrogen and oxygen atoms in total. The molecule has 0 aliphatic rings. The summed E-state index contributed by atoms with van der Waals surface area (Å²) in [4.78, 5) is 11.2. The average molecular weight is 264 g/mol. The zero-order valence-corrected chi connectivity index (χ0v) is 10.1. The van der Waals surface area contributed by atoms with E-state index in [4.69, 9.17) is 23.2 Å². The van der Waals surface area contributed by atoms with E-state index < -0.39 is 0 Å². The SMILES string of the molecule is Clc1nc(Cl)c2[nH]cc(-c3ccccc3)c2n1. The van der Waals surface area contributed by atoms with Gasteiger partial charge in [-0.05, 0) is 17.2 Å². The van der Waals surface area contributed by atoms with E-state index in [1.54, 1.807) is 0 Å². The van der Waals surface area contributed by atoms with Crippen molar-refractivity contribution in [3.63, 3.8) is 0 Å². The minimum atomic E-state index is 0.152. The minimum Gasteiger partial charge on any atom is -0.357 e. The summed E-state index contributed by atoms with van der Waals surface area (Å²) in [6.45, 7) is 0. The summed E-state index contributed by atoms with van der Waals surface area (Å²) in [6.07, 6.45) is 1.86. The summed E-state index contributed by atoms with van der Waals surface area (Å²) >= 11 is 11.8. The number of halogens is 2.